The molecule has 0 bridgehead atoms. The zero-order valence-corrected chi connectivity index (χ0v) is 24.7. The maximum atomic E-state index is 6.95. The molecule has 0 amide bonds. The van der Waals surface area contributed by atoms with Crippen LogP contribution in [0.5, 0.6) is 0 Å². The van der Waals surface area contributed by atoms with Crippen LogP contribution in [-0.2, 0) is 15.1 Å². The van der Waals surface area contributed by atoms with E-state index < -0.39 is 7.92 Å². The zero-order valence-electron chi connectivity index (χ0n) is 19.1. The van der Waals surface area contributed by atoms with Crippen LogP contribution in [0, 0.1) is 6.92 Å². The van der Waals surface area contributed by atoms with E-state index in [1.165, 1.54) is 32.6 Å². The molecule has 0 fully saturated rings. The molecule has 0 aliphatic heterocycles. The standard InChI is InChI=1S/C28H25Cl2P.2ClH.Ru/c1-19(2)24-18-20(3)14-15-23(24)27-26(17-16-25(29)28(27)30)31(21-10-6-4-7-11-21)22-12-8-5-9-13-22;;;/h4-19H,1-3H3;2*1H;/q;;;+2/p-2. The Bertz CT molecular complexity index is 1170. The predicted octanol–water partition coefficient (Wildman–Crippen LogP) is 9.23. The Kier molecular flexibility index (Phi) is 10.9. The molecule has 0 unspecified atom stereocenters. The first-order chi connectivity index (χ1) is 16.4. The molecule has 0 aromatic heterocycles. The van der Waals surface area contributed by atoms with Crippen molar-refractivity contribution >= 4 is 66.4 Å². The van der Waals surface area contributed by atoms with Gasteiger partial charge in [0, 0.05) is 5.56 Å². The average Bonchev–Trinajstić information content (AvgIpc) is 2.84. The topological polar surface area (TPSA) is 0 Å². The molecule has 4 aromatic rings. The van der Waals surface area contributed by atoms with E-state index in [-0.39, 0.29) is 15.1 Å². The number of hydrogen-bond acceptors (Lipinski definition) is 0. The van der Waals surface area contributed by atoms with Crippen LogP contribution in [-0.4, -0.2) is 0 Å². The van der Waals surface area contributed by atoms with Gasteiger partial charge in [0.25, 0.3) is 0 Å². The van der Waals surface area contributed by atoms with Gasteiger partial charge in [-0.25, -0.2) is 0 Å². The average molecular weight is 635 g/mol. The molecule has 34 heavy (non-hydrogen) atoms. The molecule has 0 heterocycles. The molecule has 4 rings (SSSR count). The molecule has 0 spiro atoms. The number of halogens is 4. The third-order valence-electron chi connectivity index (χ3n) is 5.44. The van der Waals surface area contributed by atoms with Crippen molar-refractivity contribution in [2.75, 3.05) is 0 Å². The second-order valence-corrected chi connectivity index (χ2v) is 13.7. The third kappa shape index (κ3) is 6.65. The Morgan fingerprint density at radius 2 is 1.26 bits per heavy atom. The van der Waals surface area contributed by atoms with E-state index in [1.807, 2.05) is 6.07 Å². The van der Waals surface area contributed by atoms with Crippen molar-refractivity contribution < 1.29 is 15.1 Å². The van der Waals surface area contributed by atoms with E-state index in [9.17, 15) is 0 Å². The molecule has 4 aromatic carbocycles. The Hall–Kier alpha value is -0.907. The van der Waals surface area contributed by atoms with Gasteiger partial charge in [0.2, 0.25) is 0 Å². The van der Waals surface area contributed by atoms with Gasteiger partial charge in [0.15, 0.2) is 0 Å². The Labute approximate surface area is 230 Å². The van der Waals surface area contributed by atoms with Crippen LogP contribution in [0.2, 0.25) is 10.0 Å². The van der Waals surface area contributed by atoms with Crippen molar-refractivity contribution in [3.05, 3.63) is 112 Å². The van der Waals surface area contributed by atoms with Gasteiger partial charge >= 0.3 is 34.5 Å². The van der Waals surface area contributed by atoms with Crippen LogP contribution in [0.3, 0.4) is 0 Å². The molecule has 0 N–H and O–H groups in total. The van der Waals surface area contributed by atoms with E-state index in [0.717, 1.165) is 5.56 Å². The van der Waals surface area contributed by atoms with Gasteiger partial charge in [-0.05, 0) is 53.9 Å². The van der Waals surface area contributed by atoms with Gasteiger partial charge in [-0.3, -0.25) is 0 Å². The molecular formula is C28H25Cl4PRu. The van der Waals surface area contributed by atoms with E-state index in [0.29, 0.717) is 16.0 Å². The van der Waals surface area contributed by atoms with Crippen molar-refractivity contribution in [2.45, 2.75) is 26.7 Å². The van der Waals surface area contributed by atoms with Crippen molar-refractivity contribution in [1.29, 1.82) is 0 Å². The summed E-state index contributed by atoms with van der Waals surface area (Å²) in [4.78, 5) is 0. The van der Waals surface area contributed by atoms with Gasteiger partial charge in [-0.15, -0.1) is 0 Å². The van der Waals surface area contributed by atoms with Crippen LogP contribution < -0.4 is 15.9 Å². The molecule has 178 valence electrons. The van der Waals surface area contributed by atoms with Gasteiger partial charge in [-0.2, -0.15) is 0 Å². The van der Waals surface area contributed by atoms with Crippen LogP contribution in [0.4, 0.5) is 0 Å². The molecule has 0 saturated heterocycles. The number of aryl methyl sites for hydroxylation is 1. The first-order valence-electron chi connectivity index (χ1n) is 10.7. The van der Waals surface area contributed by atoms with Crippen LogP contribution >= 0.6 is 50.5 Å². The monoisotopic (exact) mass is 634 g/mol. The summed E-state index contributed by atoms with van der Waals surface area (Å²) in [7, 11) is 8.91. The van der Waals surface area contributed by atoms with Gasteiger partial charge < -0.3 is 0 Å². The van der Waals surface area contributed by atoms with Crippen LogP contribution in [0.25, 0.3) is 11.1 Å². The normalized spacial score (nSPS) is 11.0. The van der Waals surface area contributed by atoms with Gasteiger partial charge in [-0.1, -0.05) is 128 Å². The molecule has 0 aliphatic carbocycles. The Balaban J connectivity index is 0.00000103. The quantitative estimate of drug-likeness (QED) is 0.152. The van der Waals surface area contributed by atoms with Crippen molar-refractivity contribution in [3.8, 4) is 11.1 Å². The Morgan fingerprint density at radius 1 is 0.735 bits per heavy atom. The van der Waals surface area contributed by atoms with Crippen molar-refractivity contribution in [3.63, 3.8) is 0 Å². The van der Waals surface area contributed by atoms with Crippen LogP contribution in [0.15, 0.2) is 91.0 Å². The van der Waals surface area contributed by atoms with Crippen molar-refractivity contribution in [1.82, 2.24) is 0 Å². The molecule has 0 nitrogen and oxygen atoms in total. The SMILES string of the molecule is Cc1ccc(-c2c(P(c3ccccc3)c3ccccc3)ccc(Cl)c2Cl)c(C(C)C)c1.[Cl][Ru][Cl]. The fraction of sp³-hybridized carbons (Fsp3) is 0.143. The summed E-state index contributed by atoms with van der Waals surface area (Å²) in [5, 5.41) is 5.03. The second-order valence-electron chi connectivity index (χ2n) is 8.06. The summed E-state index contributed by atoms with van der Waals surface area (Å²) in [6.07, 6.45) is 0. The number of benzene rings is 4. The zero-order chi connectivity index (χ0) is 24.7. The maximum absolute atomic E-state index is 6.95. The molecular weight excluding hydrogens is 610 g/mol. The molecule has 0 saturated carbocycles. The summed E-state index contributed by atoms with van der Waals surface area (Å²) >= 11 is 13.2. The molecule has 0 radical (unpaired) electrons. The number of hydrogen-bond donors (Lipinski definition) is 0. The van der Waals surface area contributed by atoms with Gasteiger partial charge in [0.05, 0.1) is 10.0 Å². The minimum atomic E-state index is -0.801. The summed E-state index contributed by atoms with van der Waals surface area (Å²) in [5.74, 6) is 0.373. The Morgan fingerprint density at radius 3 is 1.76 bits per heavy atom. The first-order valence-corrected chi connectivity index (χ1v) is 17.3. The molecule has 6 heteroatoms. The van der Waals surface area contributed by atoms with E-state index in [1.54, 1.807) is 0 Å². The fourth-order valence-corrected chi connectivity index (χ4v) is 6.92. The predicted molar refractivity (Wildman–Crippen MR) is 151 cm³/mol. The van der Waals surface area contributed by atoms with Crippen LogP contribution in [0.1, 0.15) is 30.9 Å². The third-order valence-corrected chi connectivity index (χ3v) is 8.73. The minimum absolute atomic E-state index is 0.346. The summed E-state index contributed by atoms with van der Waals surface area (Å²) in [5.41, 5.74) is 4.76. The molecule has 0 atom stereocenters. The second kappa shape index (κ2) is 13.4. The molecule has 0 aliphatic rings. The van der Waals surface area contributed by atoms with E-state index in [2.05, 4.69) is 106 Å². The first kappa shape index (κ1) is 27.7. The summed E-state index contributed by atoms with van der Waals surface area (Å²) < 4.78 is 0. The summed E-state index contributed by atoms with van der Waals surface area (Å²) in [6.45, 7) is 6.60. The number of rotatable bonds is 5. The fourth-order valence-electron chi connectivity index (χ4n) is 3.95. The van der Waals surface area contributed by atoms with E-state index in [4.69, 9.17) is 42.6 Å². The van der Waals surface area contributed by atoms with Crippen molar-refractivity contribution in [2.24, 2.45) is 0 Å². The van der Waals surface area contributed by atoms with Gasteiger partial charge in [0.1, 0.15) is 0 Å². The van der Waals surface area contributed by atoms with E-state index >= 15 is 0 Å². The summed E-state index contributed by atoms with van der Waals surface area (Å²) in [6, 6.07) is 32.1.